The maximum atomic E-state index is 10.6. The van der Waals surface area contributed by atoms with E-state index in [2.05, 4.69) is 46.8 Å². The van der Waals surface area contributed by atoms with Gasteiger partial charge in [0.1, 0.15) is 5.75 Å². The molecule has 1 N–H and O–H groups in total. The number of ether oxygens (including phenoxy) is 1. The molecule has 0 unspecified atom stereocenters. The standard InChI is InChI=1S/C17H28O4S.Na/c1-16(2,3)13-17(4,5)14-7-9-15(10-8-14)21-11-6-12-22(18,19)20;/h7-10H,6,11-13H2,1-5H3,(H,18,19,20);. The number of hydrogen-bond acceptors (Lipinski definition) is 3. The van der Waals surface area contributed by atoms with Gasteiger partial charge in [-0.2, -0.15) is 8.42 Å². The Bertz CT molecular complexity index is 572. The van der Waals surface area contributed by atoms with Crippen LogP contribution in [-0.4, -0.2) is 54.9 Å². The molecule has 4 nitrogen and oxygen atoms in total. The van der Waals surface area contributed by atoms with Gasteiger partial charge in [0.05, 0.1) is 12.4 Å². The van der Waals surface area contributed by atoms with Gasteiger partial charge in [-0.3, -0.25) is 4.55 Å². The molecule has 0 heterocycles. The second kappa shape index (κ2) is 8.86. The summed E-state index contributed by atoms with van der Waals surface area (Å²) in [5.41, 5.74) is 1.60. The molecule has 0 saturated heterocycles. The monoisotopic (exact) mass is 351 g/mol. The SMILES string of the molecule is CC(C)(C)CC(C)(C)c1ccc(OCCCS(=O)(=O)O)cc1.[Na]. The molecule has 0 saturated carbocycles. The van der Waals surface area contributed by atoms with Gasteiger partial charge in [-0.25, -0.2) is 0 Å². The summed E-state index contributed by atoms with van der Waals surface area (Å²) in [7, 11) is -3.90. The van der Waals surface area contributed by atoms with Crippen molar-refractivity contribution < 1.29 is 17.7 Å². The van der Waals surface area contributed by atoms with Gasteiger partial charge < -0.3 is 4.74 Å². The van der Waals surface area contributed by atoms with Crippen LogP contribution < -0.4 is 4.74 Å². The van der Waals surface area contributed by atoms with Crippen molar-refractivity contribution in [3.8, 4) is 5.75 Å². The molecule has 0 aliphatic rings. The predicted molar refractivity (Wildman–Crippen MR) is 95.8 cm³/mol. The largest absolute Gasteiger partial charge is 0.494 e. The molecule has 0 amide bonds. The summed E-state index contributed by atoms with van der Waals surface area (Å²) < 4.78 is 35.4. The number of hydrogen-bond donors (Lipinski definition) is 1. The van der Waals surface area contributed by atoms with Crippen LogP contribution in [0.2, 0.25) is 0 Å². The van der Waals surface area contributed by atoms with Crippen LogP contribution >= 0.6 is 0 Å². The van der Waals surface area contributed by atoms with Crippen LogP contribution in [0.5, 0.6) is 5.75 Å². The quantitative estimate of drug-likeness (QED) is 0.462. The fraction of sp³-hybridized carbons (Fsp3) is 0.647. The first-order chi connectivity index (χ1) is 9.89. The first-order valence-electron chi connectivity index (χ1n) is 7.58. The van der Waals surface area contributed by atoms with Gasteiger partial charge >= 0.3 is 0 Å². The fourth-order valence-electron chi connectivity index (χ4n) is 2.86. The van der Waals surface area contributed by atoms with Crippen molar-refractivity contribution in [2.45, 2.75) is 52.9 Å². The molecule has 0 aliphatic carbocycles. The third-order valence-corrected chi connectivity index (χ3v) is 4.23. The average molecular weight is 351 g/mol. The van der Waals surface area contributed by atoms with E-state index < -0.39 is 10.1 Å². The normalized spacial score (nSPS) is 12.6. The summed E-state index contributed by atoms with van der Waals surface area (Å²) >= 11 is 0. The van der Waals surface area contributed by atoms with Gasteiger partial charge in [-0.05, 0) is 41.4 Å². The molecule has 0 aromatic heterocycles. The van der Waals surface area contributed by atoms with Gasteiger partial charge in [0.25, 0.3) is 10.1 Å². The van der Waals surface area contributed by atoms with Gasteiger partial charge in [0.2, 0.25) is 0 Å². The van der Waals surface area contributed by atoms with Crippen LogP contribution in [0.25, 0.3) is 0 Å². The van der Waals surface area contributed by atoms with Gasteiger partial charge in [0, 0.05) is 29.6 Å². The Labute approximate surface area is 163 Å². The van der Waals surface area contributed by atoms with Crippen molar-refractivity contribution in [3.63, 3.8) is 0 Å². The zero-order valence-corrected chi connectivity index (χ0v) is 18.0. The van der Waals surface area contributed by atoms with Gasteiger partial charge in [-0.15, -0.1) is 0 Å². The summed E-state index contributed by atoms with van der Waals surface area (Å²) in [5, 5.41) is 0. The maximum Gasteiger partial charge on any atom is 0.264 e. The average Bonchev–Trinajstić information content (AvgIpc) is 2.31. The molecule has 1 aromatic rings. The molecule has 0 aliphatic heterocycles. The van der Waals surface area contributed by atoms with Crippen LogP contribution in [0.3, 0.4) is 0 Å². The second-order valence-electron chi connectivity index (χ2n) is 7.63. The molecule has 127 valence electrons. The Kier molecular flexibility index (Phi) is 8.83. The molecule has 23 heavy (non-hydrogen) atoms. The minimum absolute atomic E-state index is 0. The summed E-state index contributed by atoms with van der Waals surface area (Å²) in [6.45, 7) is 11.5. The summed E-state index contributed by atoms with van der Waals surface area (Å²) in [4.78, 5) is 0. The van der Waals surface area contributed by atoms with Gasteiger partial charge in [-0.1, -0.05) is 46.8 Å². The van der Waals surface area contributed by atoms with Crippen molar-refractivity contribution in [2.75, 3.05) is 12.4 Å². The molecule has 0 spiro atoms. The van der Waals surface area contributed by atoms with Crippen molar-refractivity contribution in [1.29, 1.82) is 0 Å². The van der Waals surface area contributed by atoms with Crippen LogP contribution in [-0.2, 0) is 15.5 Å². The minimum Gasteiger partial charge on any atom is -0.494 e. The first-order valence-corrected chi connectivity index (χ1v) is 9.19. The van der Waals surface area contributed by atoms with E-state index in [1.807, 2.05) is 12.1 Å². The van der Waals surface area contributed by atoms with E-state index in [9.17, 15) is 8.42 Å². The van der Waals surface area contributed by atoms with Crippen molar-refractivity contribution >= 4 is 39.7 Å². The molecule has 0 fully saturated rings. The third-order valence-electron chi connectivity index (χ3n) is 3.42. The summed E-state index contributed by atoms with van der Waals surface area (Å²) in [6.07, 6.45) is 1.35. The first kappa shape index (κ1) is 22.9. The predicted octanol–water partition coefficient (Wildman–Crippen LogP) is 3.68. The zero-order valence-electron chi connectivity index (χ0n) is 15.2. The van der Waals surface area contributed by atoms with E-state index in [4.69, 9.17) is 9.29 Å². The molecule has 1 aromatic carbocycles. The molecule has 1 rings (SSSR count). The Balaban J connectivity index is 0.00000484. The molecule has 6 heteroatoms. The van der Waals surface area contributed by atoms with E-state index in [0.29, 0.717) is 5.75 Å². The minimum atomic E-state index is -3.90. The van der Waals surface area contributed by atoms with E-state index in [1.165, 1.54) is 5.56 Å². The van der Waals surface area contributed by atoms with E-state index in [-0.39, 0.29) is 59.2 Å². The summed E-state index contributed by atoms with van der Waals surface area (Å²) in [5.74, 6) is 0.439. The van der Waals surface area contributed by atoms with Crippen LogP contribution in [0.4, 0.5) is 0 Å². The van der Waals surface area contributed by atoms with Gasteiger partial charge in [0.15, 0.2) is 0 Å². The van der Waals surface area contributed by atoms with E-state index in [1.54, 1.807) is 0 Å². The smallest absolute Gasteiger partial charge is 0.264 e. The molecule has 0 atom stereocenters. The topological polar surface area (TPSA) is 63.6 Å². The molecular weight excluding hydrogens is 323 g/mol. The van der Waals surface area contributed by atoms with E-state index >= 15 is 0 Å². The van der Waals surface area contributed by atoms with Crippen molar-refractivity contribution in [1.82, 2.24) is 0 Å². The number of rotatable bonds is 7. The van der Waals surface area contributed by atoms with Crippen LogP contribution in [0.15, 0.2) is 24.3 Å². The van der Waals surface area contributed by atoms with Crippen LogP contribution in [0.1, 0.15) is 53.0 Å². The fourth-order valence-corrected chi connectivity index (χ4v) is 3.34. The molecular formula is C17H28NaO4S. The Morgan fingerprint density at radius 3 is 2.00 bits per heavy atom. The van der Waals surface area contributed by atoms with Crippen LogP contribution in [0, 0.1) is 5.41 Å². The third kappa shape index (κ3) is 9.72. The number of benzene rings is 1. The maximum absolute atomic E-state index is 10.6. The Morgan fingerprint density at radius 2 is 1.57 bits per heavy atom. The van der Waals surface area contributed by atoms with E-state index in [0.717, 1.165) is 6.42 Å². The Hall–Kier alpha value is -0.0700. The van der Waals surface area contributed by atoms with Crippen molar-refractivity contribution in [3.05, 3.63) is 29.8 Å². The van der Waals surface area contributed by atoms with Crippen molar-refractivity contribution in [2.24, 2.45) is 5.41 Å². The Morgan fingerprint density at radius 1 is 1.04 bits per heavy atom. The molecule has 1 radical (unpaired) electrons. The molecule has 0 bridgehead atoms. The summed E-state index contributed by atoms with van der Waals surface area (Å²) in [6, 6.07) is 7.94. The second-order valence-corrected chi connectivity index (χ2v) is 9.21. The zero-order chi connectivity index (χ0) is 17.0.